The van der Waals surface area contributed by atoms with E-state index in [0.29, 0.717) is 6.61 Å². The van der Waals surface area contributed by atoms with Crippen molar-refractivity contribution in [1.82, 2.24) is 0 Å². The van der Waals surface area contributed by atoms with Gasteiger partial charge in [0.2, 0.25) is 0 Å². The molecule has 0 radical (unpaired) electrons. The first-order chi connectivity index (χ1) is 9.64. The molecule has 3 nitrogen and oxygen atoms in total. The average molecular weight is 284 g/mol. The Morgan fingerprint density at radius 1 is 1.00 bits per heavy atom. The molecule has 0 saturated heterocycles. The van der Waals surface area contributed by atoms with Crippen LogP contribution in [0, 0.1) is 0 Å². The second-order valence-corrected chi connectivity index (χ2v) is 5.38. The van der Waals surface area contributed by atoms with E-state index in [4.69, 9.17) is 9.47 Å². The van der Waals surface area contributed by atoms with Crippen LogP contribution in [0.2, 0.25) is 0 Å². The lowest BCUT2D eigenvalue weighted by Crippen LogP contribution is -2.33. The normalized spacial score (nSPS) is 11.2. The minimum absolute atomic E-state index is 0.446. The minimum Gasteiger partial charge on any atom is -0.434 e. The Labute approximate surface area is 124 Å². The molecule has 0 rings (SSSR count). The van der Waals surface area contributed by atoms with Crippen molar-refractivity contribution in [2.75, 3.05) is 6.61 Å². The van der Waals surface area contributed by atoms with Crippen molar-refractivity contribution in [2.24, 2.45) is 0 Å². The summed E-state index contributed by atoms with van der Waals surface area (Å²) < 4.78 is 10.7. The lowest BCUT2D eigenvalue weighted by atomic mass is 9.91. The van der Waals surface area contributed by atoms with E-state index in [1.165, 1.54) is 0 Å². The predicted octanol–water partition coefficient (Wildman–Crippen LogP) is 5.64. The van der Waals surface area contributed by atoms with Crippen molar-refractivity contribution in [2.45, 2.75) is 84.2 Å². The van der Waals surface area contributed by atoms with E-state index in [-0.39, 0.29) is 0 Å². The van der Waals surface area contributed by atoms with E-state index in [2.05, 4.69) is 27.4 Å². The summed E-state index contributed by atoms with van der Waals surface area (Å²) in [6.45, 7) is 10.7. The third kappa shape index (κ3) is 8.23. The molecule has 3 heteroatoms. The molecular weight excluding hydrogens is 252 g/mol. The summed E-state index contributed by atoms with van der Waals surface area (Å²) in [5.74, 6) is 0. The number of ether oxygens (including phenoxy) is 2. The van der Waals surface area contributed by atoms with Crippen LogP contribution < -0.4 is 0 Å². The first-order valence-corrected chi connectivity index (χ1v) is 8.13. The SMILES string of the molecule is C=CC(CCCC)(CCCC)OC(=O)OCCCCC. The number of hydrogen-bond acceptors (Lipinski definition) is 3. The van der Waals surface area contributed by atoms with Gasteiger partial charge in [0.15, 0.2) is 0 Å². The van der Waals surface area contributed by atoms with Crippen LogP contribution in [0.1, 0.15) is 78.6 Å². The van der Waals surface area contributed by atoms with Crippen LogP contribution in [0.15, 0.2) is 12.7 Å². The Bertz CT molecular complexity index is 253. The van der Waals surface area contributed by atoms with Gasteiger partial charge in [-0.3, -0.25) is 0 Å². The molecule has 0 aromatic carbocycles. The van der Waals surface area contributed by atoms with Gasteiger partial charge >= 0.3 is 6.16 Å². The maximum atomic E-state index is 11.8. The van der Waals surface area contributed by atoms with Gasteiger partial charge in [-0.15, -0.1) is 0 Å². The molecule has 0 heterocycles. The molecule has 0 aliphatic heterocycles. The van der Waals surface area contributed by atoms with Gasteiger partial charge in [0.1, 0.15) is 5.60 Å². The standard InChI is InChI=1S/C17H32O3/c1-5-9-12-15-19-16(18)20-17(8-4,13-10-6-2)14-11-7-3/h8H,4-7,9-15H2,1-3H3. The highest BCUT2D eigenvalue weighted by atomic mass is 16.7. The quantitative estimate of drug-likeness (QED) is 0.264. The summed E-state index contributed by atoms with van der Waals surface area (Å²) >= 11 is 0. The molecular formula is C17H32O3. The lowest BCUT2D eigenvalue weighted by molar-refractivity contribution is -0.0208. The highest BCUT2D eigenvalue weighted by Crippen LogP contribution is 2.28. The molecule has 0 fully saturated rings. The zero-order valence-electron chi connectivity index (χ0n) is 13.6. The fourth-order valence-corrected chi connectivity index (χ4v) is 2.13. The molecule has 0 spiro atoms. The van der Waals surface area contributed by atoms with E-state index in [0.717, 1.165) is 57.8 Å². The third-order valence-corrected chi connectivity index (χ3v) is 3.53. The van der Waals surface area contributed by atoms with Gasteiger partial charge in [-0.1, -0.05) is 53.0 Å². The first kappa shape index (κ1) is 19.0. The first-order valence-electron chi connectivity index (χ1n) is 8.13. The van der Waals surface area contributed by atoms with Gasteiger partial charge in [0, 0.05) is 0 Å². The zero-order valence-corrected chi connectivity index (χ0v) is 13.6. The van der Waals surface area contributed by atoms with E-state index < -0.39 is 11.8 Å². The van der Waals surface area contributed by atoms with Gasteiger partial charge < -0.3 is 9.47 Å². The van der Waals surface area contributed by atoms with Crippen LogP contribution in [0.4, 0.5) is 4.79 Å². The van der Waals surface area contributed by atoms with E-state index >= 15 is 0 Å². The Kier molecular flexibility index (Phi) is 11.2. The summed E-state index contributed by atoms with van der Waals surface area (Å²) in [6, 6.07) is 0. The van der Waals surface area contributed by atoms with Crippen molar-refractivity contribution >= 4 is 6.16 Å². The molecule has 0 aromatic heterocycles. The fraction of sp³-hybridized carbons (Fsp3) is 0.824. The summed E-state index contributed by atoms with van der Waals surface area (Å²) in [5.41, 5.74) is -0.548. The van der Waals surface area contributed by atoms with Crippen molar-refractivity contribution in [3.8, 4) is 0 Å². The molecule has 0 atom stereocenters. The van der Waals surface area contributed by atoms with Crippen LogP contribution in [-0.4, -0.2) is 18.4 Å². The summed E-state index contributed by atoms with van der Waals surface area (Å²) in [7, 11) is 0. The minimum atomic E-state index is -0.548. The second-order valence-electron chi connectivity index (χ2n) is 5.38. The Morgan fingerprint density at radius 3 is 2.00 bits per heavy atom. The van der Waals surface area contributed by atoms with Crippen molar-refractivity contribution in [3.05, 3.63) is 12.7 Å². The van der Waals surface area contributed by atoms with Gasteiger partial charge in [-0.2, -0.15) is 0 Å². The van der Waals surface area contributed by atoms with Crippen LogP contribution in [0.5, 0.6) is 0 Å². The highest BCUT2D eigenvalue weighted by Gasteiger charge is 2.30. The largest absolute Gasteiger partial charge is 0.509 e. The molecule has 0 bridgehead atoms. The number of carbonyl (C=O) groups excluding carboxylic acids is 1. The van der Waals surface area contributed by atoms with E-state index in [1.54, 1.807) is 6.08 Å². The smallest absolute Gasteiger partial charge is 0.434 e. The molecule has 0 aliphatic rings. The molecule has 118 valence electrons. The van der Waals surface area contributed by atoms with Gasteiger partial charge in [0.25, 0.3) is 0 Å². The molecule has 0 N–H and O–H groups in total. The zero-order chi connectivity index (χ0) is 15.3. The van der Waals surface area contributed by atoms with Crippen molar-refractivity contribution < 1.29 is 14.3 Å². The van der Waals surface area contributed by atoms with Crippen LogP contribution in [-0.2, 0) is 9.47 Å². The molecule has 0 unspecified atom stereocenters. The van der Waals surface area contributed by atoms with Gasteiger partial charge in [-0.25, -0.2) is 4.79 Å². The molecule has 0 aliphatic carbocycles. The maximum absolute atomic E-state index is 11.8. The fourth-order valence-electron chi connectivity index (χ4n) is 2.13. The summed E-state index contributed by atoms with van der Waals surface area (Å²) in [6.07, 6.45) is 10.2. The van der Waals surface area contributed by atoms with E-state index in [9.17, 15) is 4.79 Å². The predicted molar refractivity (Wildman–Crippen MR) is 83.9 cm³/mol. The van der Waals surface area contributed by atoms with Crippen LogP contribution in [0.3, 0.4) is 0 Å². The van der Waals surface area contributed by atoms with E-state index in [1.807, 2.05) is 0 Å². The van der Waals surface area contributed by atoms with Crippen LogP contribution in [0.25, 0.3) is 0 Å². The third-order valence-electron chi connectivity index (χ3n) is 3.53. The summed E-state index contributed by atoms with van der Waals surface area (Å²) in [4.78, 5) is 11.8. The lowest BCUT2D eigenvalue weighted by Gasteiger charge is -2.30. The maximum Gasteiger partial charge on any atom is 0.509 e. The van der Waals surface area contributed by atoms with Crippen molar-refractivity contribution in [1.29, 1.82) is 0 Å². The van der Waals surface area contributed by atoms with Crippen molar-refractivity contribution in [3.63, 3.8) is 0 Å². The average Bonchev–Trinajstić information content (AvgIpc) is 2.46. The number of carbonyl (C=O) groups is 1. The number of unbranched alkanes of at least 4 members (excludes halogenated alkanes) is 4. The second kappa shape index (κ2) is 11.8. The number of rotatable bonds is 12. The molecule has 0 amide bonds. The molecule has 0 aromatic rings. The molecule has 0 saturated carbocycles. The summed E-state index contributed by atoms with van der Waals surface area (Å²) in [5, 5.41) is 0. The van der Waals surface area contributed by atoms with Gasteiger partial charge in [0.05, 0.1) is 6.61 Å². The van der Waals surface area contributed by atoms with Gasteiger partial charge in [-0.05, 0) is 38.2 Å². The Hall–Kier alpha value is -0.990. The number of hydrogen-bond donors (Lipinski definition) is 0. The monoisotopic (exact) mass is 284 g/mol. The molecule has 20 heavy (non-hydrogen) atoms. The Balaban J connectivity index is 4.36. The Morgan fingerprint density at radius 2 is 1.55 bits per heavy atom. The van der Waals surface area contributed by atoms with Crippen LogP contribution >= 0.6 is 0 Å². The topological polar surface area (TPSA) is 35.5 Å². The highest BCUT2D eigenvalue weighted by molar-refractivity contribution is 5.60.